The average molecular weight is 278 g/mol. The predicted octanol–water partition coefficient (Wildman–Crippen LogP) is 0.802. The molecule has 18 heavy (non-hydrogen) atoms. The third-order valence-electron chi connectivity index (χ3n) is 3.65. The topological polar surface area (TPSA) is 72.6 Å². The maximum Gasteiger partial charge on any atom is 0.216 e. The van der Waals surface area contributed by atoms with Crippen molar-refractivity contribution in [3.8, 4) is 0 Å². The van der Waals surface area contributed by atoms with E-state index in [2.05, 4.69) is 0 Å². The highest BCUT2D eigenvalue weighted by Gasteiger charge is 2.36. The molecule has 0 saturated heterocycles. The summed E-state index contributed by atoms with van der Waals surface area (Å²) in [7, 11) is -3.22. The Labute approximate surface area is 111 Å². The number of hydrogen-bond acceptors (Lipinski definition) is 4. The molecule has 0 aliphatic heterocycles. The number of hydrogen-bond donors (Lipinski definition) is 1. The van der Waals surface area contributed by atoms with E-state index in [9.17, 15) is 8.42 Å². The second-order valence-corrected chi connectivity index (χ2v) is 6.75. The zero-order chi connectivity index (χ0) is 13.6. The van der Waals surface area contributed by atoms with Crippen LogP contribution in [0.4, 0.5) is 0 Å². The molecular weight excluding hydrogens is 252 g/mol. The summed E-state index contributed by atoms with van der Waals surface area (Å²) in [6, 6.07) is 0.0895. The van der Waals surface area contributed by atoms with Crippen molar-refractivity contribution in [1.82, 2.24) is 4.31 Å². The van der Waals surface area contributed by atoms with E-state index in [-0.39, 0.29) is 18.4 Å². The molecule has 2 N–H and O–H groups in total. The van der Waals surface area contributed by atoms with Crippen molar-refractivity contribution < 1.29 is 13.2 Å². The fraction of sp³-hybridized carbons (Fsp3) is 1.00. The highest BCUT2D eigenvalue weighted by Crippen LogP contribution is 2.30. The van der Waals surface area contributed by atoms with Crippen LogP contribution < -0.4 is 5.73 Å². The van der Waals surface area contributed by atoms with Gasteiger partial charge in [-0.3, -0.25) is 0 Å². The molecular formula is C12H26N2O3S. The Balaban J connectivity index is 2.69. The van der Waals surface area contributed by atoms with E-state index < -0.39 is 10.0 Å². The Morgan fingerprint density at radius 3 is 2.61 bits per heavy atom. The zero-order valence-corrected chi connectivity index (χ0v) is 12.3. The van der Waals surface area contributed by atoms with Crippen LogP contribution in [-0.2, 0) is 14.8 Å². The lowest BCUT2D eigenvalue weighted by Crippen LogP contribution is -2.45. The van der Waals surface area contributed by atoms with Crippen LogP contribution in [0.2, 0.25) is 0 Å². The van der Waals surface area contributed by atoms with E-state index in [0.29, 0.717) is 25.6 Å². The van der Waals surface area contributed by atoms with Gasteiger partial charge in [0.1, 0.15) is 0 Å². The average Bonchev–Trinajstić information content (AvgIpc) is 2.78. The fourth-order valence-electron chi connectivity index (χ4n) is 2.73. The van der Waals surface area contributed by atoms with Gasteiger partial charge in [-0.15, -0.1) is 0 Å². The number of nitrogens with zero attached hydrogens (tertiary/aromatic N) is 1. The third kappa shape index (κ3) is 3.91. The van der Waals surface area contributed by atoms with Gasteiger partial charge in [0.25, 0.3) is 0 Å². The molecule has 0 amide bonds. The summed E-state index contributed by atoms with van der Waals surface area (Å²) < 4.78 is 31.4. The zero-order valence-electron chi connectivity index (χ0n) is 11.5. The SMILES string of the molecule is CCOCCS(=O)(=O)N(CC)C1CCCC1CN. The van der Waals surface area contributed by atoms with Crippen molar-refractivity contribution in [2.75, 3.05) is 32.1 Å². The largest absolute Gasteiger partial charge is 0.381 e. The number of rotatable bonds is 8. The van der Waals surface area contributed by atoms with E-state index in [0.717, 1.165) is 19.3 Å². The monoisotopic (exact) mass is 278 g/mol. The first-order chi connectivity index (χ1) is 8.56. The first-order valence-corrected chi connectivity index (χ1v) is 8.45. The van der Waals surface area contributed by atoms with Crippen LogP contribution in [0.3, 0.4) is 0 Å². The van der Waals surface area contributed by atoms with Gasteiger partial charge in [-0.1, -0.05) is 13.3 Å². The van der Waals surface area contributed by atoms with Gasteiger partial charge in [0.05, 0.1) is 12.4 Å². The van der Waals surface area contributed by atoms with Crippen LogP contribution in [0, 0.1) is 5.92 Å². The summed E-state index contributed by atoms with van der Waals surface area (Å²) >= 11 is 0. The van der Waals surface area contributed by atoms with Gasteiger partial charge in [-0.05, 0) is 32.2 Å². The van der Waals surface area contributed by atoms with E-state index >= 15 is 0 Å². The van der Waals surface area contributed by atoms with Gasteiger partial charge in [0, 0.05) is 19.2 Å². The summed E-state index contributed by atoms with van der Waals surface area (Å²) in [6.45, 7) is 5.68. The minimum atomic E-state index is -3.22. The van der Waals surface area contributed by atoms with E-state index in [1.54, 1.807) is 4.31 Å². The lowest BCUT2D eigenvalue weighted by atomic mass is 10.0. The highest BCUT2D eigenvalue weighted by atomic mass is 32.2. The van der Waals surface area contributed by atoms with Crippen molar-refractivity contribution in [2.24, 2.45) is 11.7 Å². The Hall–Kier alpha value is -0.170. The molecule has 0 radical (unpaired) electrons. The summed E-state index contributed by atoms with van der Waals surface area (Å²) in [5.41, 5.74) is 5.74. The first-order valence-electron chi connectivity index (χ1n) is 6.84. The second kappa shape index (κ2) is 7.43. The highest BCUT2D eigenvalue weighted by molar-refractivity contribution is 7.89. The van der Waals surface area contributed by atoms with Crippen molar-refractivity contribution in [2.45, 2.75) is 39.2 Å². The molecule has 0 aromatic heterocycles. The molecule has 2 unspecified atom stereocenters. The normalized spacial score (nSPS) is 24.9. The van der Waals surface area contributed by atoms with Crippen molar-refractivity contribution >= 4 is 10.0 Å². The van der Waals surface area contributed by atoms with Gasteiger partial charge >= 0.3 is 0 Å². The molecule has 0 heterocycles. The molecule has 5 nitrogen and oxygen atoms in total. The minimum Gasteiger partial charge on any atom is -0.381 e. The standard InChI is InChI=1S/C12H26N2O3S/c1-3-14(12-7-5-6-11(12)10-13)18(15,16)9-8-17-4-2/h11-12H,3-10,13H2,1-2H3. The Morgan fingerprint density at radius 2 is 2.06 bits per heavy atom. The van der Waals surface area contributed by atoms with Crippen LogP contribution in [0.15, 0.2) is 0 Å². The molecule has 108 valence electrons. The summed E-state index contributed by atoms with van der Waals surface area (Å²) in [6.07, 6.45) is 3.05. The minimum absolute atomic E-state index is 0.0719. The van der Waals surface area contributed by atoms with Crippen LogP contribution in [-0.4, -0.2) is 50.8 Å². The van der Waals surface area contributed by atoms with Crippen molar-refractivity contribution in [3.63, 3.8) is 0 Å². The van der Waals surface area contributed by atoms with Gasteiger partial charge in [0.15, 0.2) is 0 Å². The maximum atomic E-state index is 12.3. The Kier molecular flexibility index (Phi) is 6.55. The Morgan fingerprint density at radius 1 is 1.33 bits per heavy atom. The molecule has 0 spiro atoms. The molecule has 1 saturated carbocycles. The van der Waals surface area contributed by atoms with Crippen molar-refractivity contribution in [3.05, 3.63) is 0 Å². The molecule has 0 aromatic carbocycles. The van der Waals surface area contributed by atoms with Gasteiger partial charge in [-0.25, -0.2) is 8.42 Å². The van der Waals surface area contributed by atoms with Crippen LogP contribution in [0.1, 0.15) is 33.1 Å². The predicted molar refractivity (Wildman–Crippen MR) is 72.8 cm³/mol. The van der Waals surface area contributed by atoms with Gasteiger partial charge in [0.2, 0.25) is 10.0 Å². The molecule has 1 rings (SSSR count). The summed E-state index contributed by atoms with van der Waals surface area (Å²) in [4.78, 5) is 0. The quantitative estimate of drug-likeness (QED) is 0.667. The molecule has 1 aliphatic carbocycles. The molecule has 1 aliphatic rings. The van der Waals surface area contributed by atoms with E-state index in [4.69, 9.17) is 10.5 Å². The summed E-state index contributed by atoms with van der Waals surface area (Å²) in [5.74, 6) is 0.384. The van der Waals surface area contributed by atoms with E-state index in [1.807, 2.05) is 13.8 Å². The molecule has 0 bridgehead atoms. The van der Waals surface area contributed by atoms with Crippen LogP contribution in [0.5, 0.6) is 0 Å². The first kappa shape index (κ1) is 15.9. The smallest absolute Gasteiger partial charge is 0.216 e. The number of sulfonamides is 1. The van der Waals surface area contributed by atoms with Gasteiger partial charge in [-0.2, -0.15) is 4.31 Å². The molecule has 1 fully saturated rings. The summed E-state index contributed by atoms with van der Waals surface area (Å²) in [5, 5.41) is 0. The van der Waals surface area contributed by atoms with E-state index in [1.165, 1.54) is 0 Å². The lowest BCUT2D eigenvalue weighted by molar-refractivity contribution is 0.161. The Bertz CT molecular complexity index is 332. The van der Waals surface area contributed by atoms with Crippen molar-refractivity contribution in [1.29, 1.82) is 0 Å². The molecule has 2 atom stereocenters. The maximum absolute atomic E-state index is 12.3. The lowest BCUT2D eigenvalue weighted by Gasteiger charge is -2.30. The molecule has 0 aromatic rings. The number of nitrogens with two attached hydrogens (primary N) is 1. The molecule has 6 heteroatoms. The fourth-order valence-corrected chi connectivity index (χ4v) is 4.38. The second-order valence-electron chi connectivity index (χ2n) is 4.71. The van der Waals surface area contributed by atoms with Crippen LogP contribution >= 0.6 is 0 Å². The van der Waals surface area contributed by atoms with Gasteiger partial charge < -0.3 is 10.5 Å². The van der Waals surface area contributed by atoms with Crippen LogP contribution in [0.25, 0.3) is 0 Å². The third-order valence-corrected chi connectivity index (χ3v) is 5.58. The number of ether oxygens (including phenoxy) is 1.